The summed E-state index contributed by atoms with van der Waals surface area (Å²) >= 11 is 0. The standard InChI is InChI=1S/C16H21NO/c1-3-13(11-18)10-17-16-7-6-14-8-12(2)4-5-15(14)9-16/h4-9,13,17-18H,3,10-11H2,1-2H3. The number of aryl methyl sites for hydroxylation is 1. The van der Waals surface area contributed by atoms with E-state index in [1.165, 1.54) is 16.3 Å². The molecule has 0 aliphatic heterocycles. The maximum absolute atomic E-state index is 9.17. The highest BCUT2D eigenvalue weighted by Gasteiger charge is 2.04. The molecule has 96 valence electrons. The monoisotopic (exact) mass is 243 g/mol. The van der Waals surface area contributed by atoms with Crippen molar-refractivity contribution in [2.24, 2.45) is 5.92 Å². The fourth-order valence-electron chi connectivity index (χ4n) is 2.08. The van der Waals surface area contributed by atoms with Gasteiger partial charge in [0.1, 0.15) is 0 Å². The summed E-state index contributed by atoms with van der Waals surface area (Å²) < 4.78 is 0. The van der Waals surface area contributed by atoms with Crippen LogP contribution >= 0.6 is 0 Å². The SMILES string of the molecule is CCC(CO)CNc1ccc2cc(C)ccc2c1. The van der Waals surface area contributed by atoms with Crippen molar-refractivity contribution in [2.45, 2.75) is 20.3 Å². The first kappa shape index (κ1) is 12.9. The summed E-state index contributed by atoms with van der Waals surface area (Å²) in [6.07, 6.45) is 0.996. The zero-order chi connectivity index (χ0) is 13.0. The highest BCUT2D eigenvalue weighted by atomic mass is 16.3. The van der Waals surface area contributed by atoms with E-state index < -0.39 is 0 Å². The maximum Gasteiger partial charge on any atom is 0.0475 e. The molecule has 0 fully saturated rings. The third kappa shape index (κ3) is 3.02. The Kier molecular flexibility index (Phi) is 4.21. The molecule has 0 amide bonds. The van der Waals surface area contributed by atoms with Crippen LogP contribution in [-0.4, -0.2) is 18.3 Å². The number of benzene rings is 2. The lowest BCUT2D eigenvalue weighted by molar-refractivity contribution is 0.230. The molecule has 0 bridgehead atoms. The maximum atomic E-state index is 9.17. The molecule has 2 aromatic carbocycles. The van der Waals surface area contributed by atoms with Crippen molar-refractivity contribution in [1.82, 2.24) is 0 Å². The Morgan fingerprint density at radius 2 is 1.83 bits per heavy atom. The van der Waals surface area contributed by atoms with Crippen LogP contribution in [0.4, 0.5) is 5.69 Å². The number of anilines is 1. The summed E-state index contributed by atoms with van der Waals surface area (Å²) in [7, 11) is 0. The van der Waals surface area contributed by atoms with Gasteiger partial charge >= 0.3 is 0 Å². The molecule has 2 nitrogen and oxygen atoms in total. The highest BCUT2D eigenvalue weighted by molar-refractivity contribution is 5.86. The molecule has 0 radical (unpaired) electrons. The second kappa shape index (κ2) is 5.87. The summed E-state index contributed by atoms with van der Waals surface area (Å²) in [5.41, 5.74) is 2.41. The van der Waals surface area contributed by atoms with E-state index in [1.807, 2.05) is 0 Å². The van der Waals surface area contributed by atoms with Gasteiger partial charge in [-0.25, -0.2) is 0 Å². The molecule has 2 rings (SSSR count). The molecule has 2 heteroatoms. The minimum Gasteiger partial charge on any atom is -0.396 e. The van der Waals surface area contributed by atoms with Gasteiger partial charge in [0.15, 0.2) is 0 Å². The van der Waals surface area contributed by atoms with E-state index in [4.69, 9.17) is 5.11 Å². The molecule has 0 aliphatic carbocycles. The minimum atomic E-state index is 0.246. The molecule has 18 heavy (non-hydrogen) atoms. The van der Waals surface area contributed by atoms with Crippen molar-refractivity contribution in [1.29, 1.82) is 0 Å². The quantitative estimate of drug-likeness (QED) is 0.841. The molecule has 2 aromatic rings. The molecule has 0 saturated heterocycles. The van der Waals surface area contributed by atoms with E-state index in [9.17, 15) is 0 Å². The van der Waals surface area contributed by atoms with Crippen molar-refractivity contribution in [3.8, 4) is 0 Å². The van der Waals surface area contributed by atoms with Crippen molar-refractivity contribution in [2.75, 3.05) is 18.5 Å². The fraction of sp³-hybridized carbons (Fsp3) is 0.375. The van der Waals surface area contributed by atoms with Crippen LogP contribution in [-0.2, 0) is 0 Å². The van der Waals surface area contributed by atoms with Gasteiger partial charge in [-0.15, -0.1) is 0 Å². The van der Waals surface area contributed by atoms with E-state index in [1.54, 1.807) is 0 Å². The molecule has 0 aliphatic rings. The largest absolute Gasteiger partial charge is 0.396 e. The predicted molar refractivity (Wildman–Crippen MR) is 78.0 cm³/mol. The van der Waals surface area contributed by atoms with Gasteiger partial charge in [0.25, 0.3) is 0 Å². The molecule has 1 unspecified atom stereocenters. The zero-order valence-electron chi connectivity index (χ0n) is 11.1. The van der Waals surface area contributed by atoms with Crippen LogP contribution in [0.3, 0.4) is 0 Å². The van der Waals surface area contributed by atoms with Crippen LogP contribution in [0.2, 0.25) is 0 Å². The van der Waals surface area contributed by atoms with E-state index in [-0.39, 0.29) is 6.61 Å². The predicted octanol–water partition coefficient (Wildman–Crippen LogP) is 3.58. The third-order valence-electron chi connectivity index (χ3n) is 3.43. The Balaban J connectivity index is 2.12. The van der Waals surface area contributed by atoms with Gasteiger partial charge in [-0.05, 0) is 42.2 Å². The summed E-state index contributed by atoms with van der Waals surface area (Å²) in [6.45, 7) is 5.28. The van der Waals surface area contributed by atoms with Crippen molar-refractivity contribution < 1.29 is 5.11 Å². The summed E-state index contributed by atoms with van der Waals surface area (Å²) in [6, 6.07) is 12.9. The number of hydrogen-bond donors (Lipinski definition) is 2. The Morgan fingerprint density at radius 3 is 2.56 bits per heavy atom. The second-order valence-electron chi connectivity index (χ2n) is 4.90. The number of hydrogen-bond acceptors (Lipinski definition) is 2. The van der Waals surface area contributed by atoms with Crippen molar-refractivity contribution in [3.05, 3.63) is 42.0 Å². The lowest BCUT2D eigenvalue weighted by atomic mass is 10.1. The molecule has 1 atom stereocenters. The first-order valence-corrected chi connectivity index (χ1v) is 6.58. The Bertz CT molecular complexity index is 517. The lowest BCUT2D eigenvalue weighted by Gasteiger charge is -2.14. The highest BCUT2D eigenvalue weighted by Crippen LogP contribution is 2.20. The van der Waals surface area contributed by atoms with E-state index in [0.29, 0.717) is 5.92 Å². The number of nitrogens with one attached hydrogen (secondary N) is 1. The fourth-order valence-corrected chi connectivity index (χ4v) is 2.08. The van der Waals surface area contributed by atoms with Gasteiger partial charge in [0.05, 0.1) is 0 Å². The van der Waals surface area contributed by atoms with Crippen LogP contribution in [0, 0.1) is 12.8 Å². The van der Waals surface area contributed by atoms with Gasteiger partial charge < -0.3 is 10.4 Å². The molecule has 0 heterocycles. The van der Waals surface area contributed by atoms with Gasteiger partial charge in [-0.2, -0.15) is 0 Å². The summed E-state index contributed by atoms with van der Waals surface area (Å²) in [5.74, 6) is 0.332. The Hall–Kier alpha value is -1.54. The van der Waals surface area contributed by atoms with Crippen LogP contribution in [0.1, 0.15) is 18.9 Å². The van der Waals surface area contributed by atoms with E-state index >= 15 is 0 Å². The van der Waals surface area contributed by atoms with Gasteiger partial charge in [0.2, 0.25) is 0 Å². The van der Waals surface area contributed by atoms with E-state index in [2.05, 4.69) is 55.6 Å². The van der Waals surface area contributed by atoms with Crippen LogP contribution in [0.5, 0.6) is 0 Å². The Labute approximate surface area is 109 Å². The molecule has 2 N–H and O–H groups in total. The average molecular weight is 243 g/mol. The first-order chi connectivity index (χ1) is 8.72. The van der Waals surface area contributed by atoms with Gasteiger partial charge in [0, 0.05) is 18.8 Å². The normalized spacial score (nSPS) is 12.6. The number of aliphatic hydroxyl groups is 1. The van der Waals surface area contributed by atoms with E-state index in [0.717, 1.165) is 18.7 Å². The lowest BCUT2D eigenvalue weighted by Crippen LogP contribution is -2.16. The first-order valence-electron chi connectivity index (χ1n) is 6.58. The summed E-state index contributed by atoms with van der Waals surface area (Å²) in [4.78, 5) is 0. The topological polar surface area (TPSA) is 32.3 Å². The molecular formula is C16H21NO. The van der Waals surface area contributed by atoms with Crippen LogP contribution < -0.4 is 5.32 Å². The number of rotatable bonds is 5. The number of aliphatic hydroxyl groups excluding tert-OH is 1. The second-order valence-corrected chi connectivity index (χ2v) is 4.90. The average Bonchev–Trinajstić information content (AvgIpc) is 2.40. The molecule has 0 saturated carbocycles. The Morgan fingerprint density at radius 1 is 1.11 bits per heavy atom. The van der Waals surface area contributed by atoms with Crippen LogP contribution in [0.15, 0.2) is 36.4 Å². The molecule has 0 aromatic heterocycles. The zero-order valence-corrected chi connectivity index (χ0v) is 11.1. The summed E-state index contributed by atoms with van der Waals surface area (Å²) in [5, 5.41) is 15.1. The minimum absolute atomic E-state index is 0.246. The third-order valence-corrected chi connectivity index (χ3v) is 3.43. The van der Waals surface area contributed by atoms with Gasteiger partial charge in [-0.1, -0.05) is 36.8 Å². The van der Waals surface area contributed by atoms with Crippen molar-refractivity contribution in [3.63, 3.8) is 0 Å². The molecular weight excluding hydrogens is 222 g/mol. The smallest absolute Gasteiger partial charge is 0.0475 e. The number of fused-ring (bicyclic) bond motifs is 1. The van der Waals surface area contributed by atoms with Crippen molar-refractivity contribution >= 4 is 16.5 Å². The van der Waals surface area contributed by atoms with Gasteiger partial charge in [-0.3, -0.25) is 0 Å². The van der Waals surface area contributed by atoms with Crippen LogP contribution in [0.25, 0.3) is 10.8 Å². The molecule has 0 spiro atoms.